The second-order valence-electron chi connectivity index (χ2n) is 4.95. The fourth-order valence-electron chi connectivity index (χ4n) is 1.28. The van der Waals surface area contributed by atoms with Gasteiger partial charge in [-0.15, -0.1) is 0 Å². The van der Waals surface area contributed by atoms with Crippen LogP contribution in [0.5, 0.6) is 0 Å². The highest BCUT2D eigenvalue weighted by molar-refractivity contribution is 7.85. The topological polar surface area (TPSA) is 83.8 Å². The van der Waals surface area contributed by atoms with Gasteiger partial charge in [-0.05, 0) is 31.4 Å². The zero-order chi connectivity index (χ0) is 16.3. The van der Waals surface area contributed by atoms with Crippen molar-refractivity contribution in [2.75, 3.05) is 19.8 Å². The molecule has 0 aliphatic rings. The summed E-state index contributed by atoms with van der Waals surface area (Å²) in [6.45, 7) is 7.92. The summed E-state index contributed by atoms with van der Waals surface area (Å²) in [5.74, 6) is 0.652. The zero-order valence-corrected chi connectivity index (χ0v) is 13.8. The maximum Gasteiger partial charge on any atom is 0.294 e. The van der Waals surface area contributed by atoms with Crippen molar-refractivity contribution in [3.05, 3.63) is 29.8 Å². The lowest BCUT2D eigenvalue weighted by Crippen LogP contribution is -2.06. The number of aliphatic hydroxyl groups excluding tert-OH is 1. The van der Waals surface area contributed by atoms with E-state index in [1.165, 1.54) is 18.6 Å². The minimum Gasteiger partial charge on any atom is -0.396 e. The summed E-state index contributed by atoms with van der Waals surface area (Å²) in [7, 11) is -4.02. The van der Waals surface area contributed by atoms with E-state index in [1.54, 1.807) is 12.1 Å². The molecule has 0 saturated carbocycles. The highest BCUT2D eigenvalue weighted by Crippen LogP contribution is 2.08. The number of hydrogen-bond acceptors (Lipinski definition) is 4. The van der Waals surface area contributed by atoms with Gasteiger partial charge < -0.3 is 9.84 Å². The van der Waals surface area contributed by atoms with Gasteiger partial charge in [-0.25, -0.2) is 0 Å². The molecule has 0 spiro atoms. The van der Waals surface area contributed by atoms with Crippen LogP contribution in [0.2, 0.25) is 0 Å². The maximum atomic E-state index is 10.5. The molecule has 0 bridgehead atoms. The standard InChI is InChI=1S/C8H18O2.C7H8O3S/c1-3-8(2)7-10-6-4-5-9;1-6-2-4-7(5-3-6)11(8,9)10/h8-9H,3-7H2,1-2H3;2-5H,1H3,(H,8,9,10). The molecule has 0 heterocycles. The van der Waals surface area contributed by atoms with Crippen LogP contribution in [0.1, 0.15) is 32.3 Å². The van der Waals surface area contributed by atoms with Crippen LogP contribution in [0.15, 0.2) is 29.2 Å². The predicted octanol–water partition coefficient (Wildman–Crippen LogP) is 2.67. The lowest BCUT2D eigenvalue weighted by Gasteiger charge is -2.07. The first-order valence-electron chi connectivity index (χ1n) is 7.04. The van der Waals surface area contributed by atoms with Crippen LogP contribution >= 0.6 is 0 Å². The van der Waals surface area contributed by atoms with E-state index >= 15 is 0 Å². The minimum absolute atomic E-state index is 0.0666. The van der Waals surface area contributed by atoms with Gasteiger partial charge in [-0.1, -0.05) is 38.0 Å². The molecule has 0 aliphatic carbocycles. The van der Waals surface area contributed by atoms with Gasteiger partial charge in [0.1, 0.15) is 0 Å². The molecule has 21 heavy (non-hydrogen) atoms. The SMILES string of the molecule is CCC(C)COCCCO.Cc1ccc(S(=O)(=O)O)cc1. The van der Waals surface area contributed by atoms with Crippen LogP contribution in [-0.2, 0) is 14.9 Å². The molecule has 5 nitrogen and oxygen atoms in total. The van der Waals surface area contributed by atoms with E-state index < -0.39 is 10.1 Å². The van der Waals surface area contributed by atoms with Crippen LogP contribution in [-0.4, -0.2) is 37.9 Å². The largest absolute Gasteiger partial charge is 0.396 e. The molecule has 1 unspecified atom stereocenters. The van der Waals surface area contributed by atoms with Gasteiger partial charge in [0, 0.05) is 19.8 Å². The highest BCUT2D eigenvalue weighted by atomic mass is 32.2. The van der Waals surface area contributed by atoms with E-state index in [2.05, 4.69) is 13.8 Å². The summed E-state index contributed by atoms with van der Waals surface area (Å²) in [4.78, 5) is -0.0666. The Morgan fingerprint density at radius 2 is 1.81 bits per heavy atom. The predicted molar refractivity (Wildman–Crippen MR) is 83.0 cm³/mol. The third kappa shape index (κ3) is 10.4. The van der Waals surface area contributed by atoms with Crippen molar-refractivity contribution in [3.8, 4) is 0 Å². The van der Waals surface area contributed by atoms with E-state index in [-0.39, 0.29) is 11.5 Å². The van der Waals surface area contributed by atoms with E-state index in [9.17, 15) is 8.42 Å². The molecule has 0 aromatic heterocycles. The van der Waals surface area contributed by atoms with Gasteiger partial charge in [0.2, 0.25) is 0 Å². The Hall–Kier alpha value is -0.950. The normalized spacial score (nSPS) is 12.4. The number of benzene rings is 1. The summed E-state index contributed by atoms with van der Waals surface area (Å²) < 4.78 is 34.8. The summed E-state index contributed by atoms with van der Waals surface area (Å²) in [6.07, 6.45) is 1.93. The van der Waals surface area contributed by atoms with Crippen molar-refractivity contribution in [2.24, 2.45) is 5.92 Å². The number of aryl methyl sites for hydroxylation is 1. The average Bonchev–Trinajstić information content (AvgIpc) is 2.43. The molecule has 0 amide bonds. The molecule has 0 aliphatic heterocycles. The van der Waals surface area contributed by atoms with Gasteiger partial charge in [-0.2, -0.15) is 8.42 Å². The molecular weight excluding hydrogens is 292 g/mol. The lowest BCUT2D eigenvalue weighted by molar-refractivity contribution is 0.0902. The van der Waals surface area contributed by atoms with Gasteiger partial charge in [-0.3, -0.25) is 4.55 Å². The molecule has 1 atom stereocenters. The third-order valence-electron chi connectivity index (χ3n) is 2.86. The van der Waals surface area contributed by atoms with Crippen molar-refractivity contribution in [1.29, 1.82) is 0 Å². The Bertz CT molecular complexity index is 467. The number of hydrogen-bond donors (Lipinski definition) is 2. The Morgan fingerprint density at radius 1 is 1.24 bits per heavy atom. The number of aliphatic hydroxyl groups is 1. The van der Waals surface area contributed by atoms with Crippen LogP contribution in [0.4, 0.5) is 0 Å². The van der Waals surface area contributed by atoms with Crippen molar-refractivity contribution in [2.45, 2.75) is 38.5 Å². The molecule has 0 fully saturated rings. The minimum atomic E-state index is -4.02. The second kappa shape index (κ2) is 10.7. The first-order chi connectivity index (χ1) is 9.81. The van der Waals surface area contributed by atoms with E-state index in [1.807, 2.05) is 6.92 Å². The van der Waals surface area contributed by atoms with Gasteiger partial charge >= 0.3 is 0 Å². The summed E-state index contributed by atoms with van der Waals surface area (Å²) in [5, 5.41) is 8.41. The van der Waals surface area contributed by atoms with Gasteiger partial charge in [0.05, 0.1) is 4.90 Å². The third-order valence-corrected chi connectivity index (χ3v) is 3.73. The Kier molecular flexibility index (Phi) is 10.2. The number of ether oxygens (including phenoxy) is 1. The molecular formula is C15H26O5S. The van der Waals surface area contributed by atoms with E-state index in [0.717, 1.165) is 18.6 Å². The second-order valence-corrected chi connectivity index (χ2v) is 6.38. The van der Waals surface area contributed by atoms with Crippen LogP contribution in [0.3, 0.4) is 0 Å². The summed E-state index contributed by atoms with van der Waals surface area (Å²) >= 11 is 0. The molecule has 1 aromatic rings. The van der Waals surface area contributed by atoms with Crippen molar-refractivity contribution in [3.63, 3.8) is 0 Å². The average molecular weight is 318 g/mol. The van der Waals surface area contributed by atoms with Crippen molar-refractivity contribution in [1.82, 2.24) is 0 Å². The van der Waals surface area contributed by atoms with E-state index in [0.29, 0.717) is 12.5 Å². The molecule has 2 N–H and O–H groups in total. The Labute approximate surface area is 127 Å². The quantitative estimate of drug-likeness (QED) is 0.596. The number of rotatable bonds is 7. The molecule has 0 saturated heterocycles. The Balaban J connectivity index is 0.000000384. The fraction of sp³-hybridized carbons (Fsp3) is 0.600. The molecule has 1 aromatic carbocycles. The summed E-state index contributed by atoms with van der Waals surface area (Å²) in [5.41, 5.74) is 0.956. The monoisotopic (exact) mass is 318 g/mol. The first-order valence-corrected chi connectivity index (χ1v) is 8.48. The molecule has 122 valence electrons. The van der Waals surface area contributed by atoms with Crippen LogP contribution < -0.4 is 0 Å². The van der Waals surface area contributed by atoms with Gasteiger partial charge in [0.15, 0.2) is 0 Å². The highest BCUT2D eigenvalue weighted by Gasteiger charge is 2.06. The van der Waals surface area contributed by atoms with Crippen LogP contribution in [0.25, 0.3) is 0 Å². The van der Waals surface area contributed by atoms with E-state index in [4.69, 9.17) is 14.4 Å². The smallest absolute Gasteiger partial charge is 0.294 e. The van der Waals surface area contributed by atoms with Crippen molar-refractivity contribution >= 4 is 10.1 Å². The molecule has 1 rings (SSSR count). The van der Waals surface area contributed by atoms with Gasteiger partial charge in [0.25, 0.3) is 10.1 Å². The molecule has 0 radical (unpaired) electrons. The molecule has 6 heteroatoms. The van der Waals surface area contributed by atoms with Crippen LogP contribution in [0, 0.1) is 12.8 Å². The Morgan fingerprint density at radius 3 is 2.24 bits per heavy atom. The maximum absolute atomic E-state index is 10.5. The lowest BCUT2D eigenvalue weighted by atomic mass is 10.1. The van der Waals surface area contributed by atoms with Crippen molar-refractivity contribution < 1.29 is 22.8 Å². The fourth-order valence-corrected chi connectivity index (χ4v) is 1.76. The summed E-state index contributed by atoms with van der Waals surface area (Å²) in [6, 6.07) is 5.99. The zero-order valence-electron chi connectivity index (χ0n) is 12.9. The first kappa shape index (κ1) is 20.1.